The van der Waals surface area contributed by atoms with Crippen molar-refractivity contribution in [1.29, 1.82) is 0 Å². The van der Waals surface area contributed by atoms with Gasteiger partial charge in [0.05, 0.1) is 10.5 Å². The zero-order valence-electron chi connectivity index (χ0n) is 13.7. The van der Waals surface area contributed by atoms with Gasteiger partial charge in [0.15, 0.2) is 0 Å². The van der Waals surface area contributed by atoms with E-state index in [1.807, 2.05) is 0 Å². The Labute approximate surface area is 162 Å². The van der Waals surface area contributed by atoms with Crippen LogP contribution in [-0.2, 0) is 16.2 Å². The zero-order chi connectivity index (χ0) is 17.8. The minimum atomic E-state index is -4.95. The van der Waals surface area contributed by atoms with Crippen LogP contribution >= 0.6 is 24.8 Å². The van der Waals surface area contributed by atoms with Gasteiger partial charge < -0.3 is 10.2 Å². The monoisotopic (exact) mass is 441 g/mol. The number of nitrogens with one attached hydrogen (secondary N) is 2. The number of rotatable bonds is 6. The summed E-state index contributed by atoms with van der Waals surface area (Å²) in [5.74, 6) is -1.50. The van der Waals surface area contributed by atoms with Gasteiger partial charge in [-0.15, -0.1) is 24.8 Å². The highest BCUT2D eigenvalue weighted by atomic mass is 35.5. The van der Waals surface area contributed by atoms with Crippen LogP contribution in [-0.4, -0.2) is 52.6 Å². The molecule has 0 atom stereocenters. The lowest BCUT2D eigenvalue weighted by Gasteiger charge is -2.27. The molecule has 5 nitrogen and oxygen atoms in total. The van der Waals surface area contributed by atoms with E-state index >= 15 is 0 Å². The first-order chi connectivity index (χ1) is 11.2. The number of benzene rings is 1. The molecule has 0 aromatic heterocycles. The van der Waals surface area contributed by atoms with Crippen molar-refractivity contribution in [2.24, 2.45) is 0 Å². The Hall–Kier alpha value is -0.650. The molecule has 1 aromatic carbocycles. The normalized spacial score (nSPS) is 15.8. The number of nitrogens with zero attached hydrogens (tertiary/aromatic N) is 1. The van der Waals surface area contributed by atoms with Gasteiger partial charge in [-0.2, -0.15) is 13.2 Å². The van der Waals surface area contributed by atoms with Crippen LogP contribution in [0, 0.1) is 5.82 Å². The summed E-state index contributed by atoms with van der Waals surface area (Å²) in [4.78, 5) is 1.57. The van der Waals surface area contributed by atoms with E-state index in [2.05, 4.69) is 14.9 Å². The van der Waals surface area contributed by atoms with Crippen LogP contribution in [0.5, 0.6) is 0 Å². The molecule has 1 saturated heterocycles. The van der Waals surface area contributed by atoms with Gasteiger partial charge in [-0.25, -0.2) is 17.5 Å². The maximum Gasteiger partial charge on any atom is 0.419 e. The van der Waals surface area contributed by atoms with E-state index in [4.69, 9.17) is 0 Å². The third-order valence-corrected chi connectivity index (χ3v) is 5.17. The minimum absolute atomic E-state index is 0. The van der Waals surface area contributed by atoms with Crippen molar-refractivity contribution in [3.05, 3.63) is 29.6 Å². The van der Waals surface area contributed by atoms with Gasteiger partial charge >= 0.3 is 6.18 Å². The van der Waals surface area contributed by atoms with Crippen LogP contribution in [0.25, 0.3) is 0 Å². The predicted molar refractivity (Wildman–Crippen MR) is 95.0 cm³/mol. The van der Waals surface area contributed by atoms with E-state index in [0.29, 0.717) is 25.1 Å². The summed E-state index contributed by atoms with van der Waals surface area (Å²) in [6, 6.07) is 1.65. The molecule has 0 spiro atoms. The maximum atomic E-state index is 13.2. The van der Waals surface area contributed by atoms with Crippen LogP contribution in [0.2, 0.25) is 0 Å². The summed E-state index contributed by atoms with van der Waals surface area (Å²) in [7, 11) is -4.11. The van der Waals surface area contributed by atoms with Gasteiger partial charge in [0.2, 0.25) is 10.0 Å². The van der Waals surface area contributed by atoms with Crippen molar-refractivity contribution in [2.45, 2.75) is 17.5 Å². The van der Waals surface area contributed by atoms with E-state index in [-0.39, 0.29) is 31.4 Å². The quantitative estimate of drug-likeness (QED) is 0.524. The molecule has 1 aliphatic heterocycles. The minimum Gasteiger partial charge on any atom is -0.314 e. The lowest BCUT2D eigenvalue weighted by atomic mass is 10.2. The van der Waals surface area contributed by atoms with Gasteiger partial charge in [0, 0.05) is 32.7 Å². The SMILES string of the molecule is Cl.Cl.O=S(=O)(NCCCN1CCNCC1)c1ccc(F)c(C(F)(F)F)c1. The Morgan fingerprint density at radius 1 is 1.15 bits per heavy atom. The van der Waals surface area contributed by atoms with Crippen molar-refractivity contribution in [3.8, 4) is 0 Å². The van der Waals surface area contributed by atoms with Crippen molar-refractivity contribution >= 4 is 34.8 Å². The number of halogens is 6. The highest BCUT2D eigenvalue weighted by molar-refractivity contribution is 7.89. The second-order valence-corrected chi connectivity index (χ2v) is 7.25. The standard InChI is InChI=1S/C14H19F4N3O2S.2ClH/c15-13-3-2-11(10-12(13)14(16,17)18)24(22,23)20-4-1-7-21-8-5-19-6-9-21;;/h2-3,10,19-20H,1,4-9H2;2*1H. The summed E-state index contributed by atoms with van der Waals surface area (Å²) < 4.78 is 77.6. The molecule has 12 heteroatoms. The number of sulfonamides is 1. The van der Waals surface area contributed by atoms with Crippen molar-refractivity contribution < 1.29 is 26.0 Å². The molecular formula is C14H21Cl2F4N3O2S. The smallest absolute Gasteiger partial charge is 0.314 e. The van der Waals surface area contributed by atoms with Gasteiger partial charge in [-0.3, -0.25) is 0 Å². The Morgan fingerprint density at radius 2 is 1.77 bits per heavy atom. The molecule has 1 aromatic rings. The number of hydrogen-bond donors (Lipinski definition) is 2. The first-order valence-corrected chi connectivity index (χ1v) is 8.98. The lowest BCUT2D eigenvalue weighted by Crippen LogP contribution is -2.44. The third-order valence-electron chi connectivity index (χ3n) is 3.71. The molecule has 0 unspecified atom stereocenters. The molecule has 1 fully saturated rings. The molecule has 152 valence electrons. The second kappa shape index (κ2) is 10.6. The van der Waals surface area contributed by atoms with Crippen LogP contribution in [0.15, 0.2) is 23.1 Å². The second-order valence-electron chi connectivity index (χ2n) is 5.48. The summed E-state index contributed by atoms with van der Waals surface area (Å²) in [5.41, 5.74) is -1.59. The molecule has 0 amide bonds. The van der Waals surface area contributed by atoms with Crippen molar-refractivity contribution in [2.75, 3.05) is 39.3 Å². The number of piperazine rings is 1. The molecule has 0 bridgehead atoms. The molecule has 0 aliphatic carbocycles. The molecule has 0 saturated carbocycles. The van der Waals surface area contributed by atoms with Gasteiger partial charge in [0.25, 0.3) is 0 Å². The largest absolute Gasteiger partial charge is 0.419 e. The van der Waals surface area contributed by atoms with Crippen LogP contribution < -0.4 is 10.0 Å². The third kappa shape index (κ3) is 7.16. The first-order valence-electron chi connectivity index (χ1n) is 7.49. The Bertz CT molecular complexity index is 669. The fraction of sp³-hybridized carbons (Fsp3) is 0.571. The summed E-state index contributed by atoms with van der Waals surface area (Å²) in [5, 5.41) is 3.20. The topological polar surface area (TPSA) is 61.4 Å². The average Bonchev–Trinajstić information content (AvgIpc) is 2.52. The van der Waals surface area contributed by atoms with Crippen molar-refractivity contribution in [1.82, 2.24) is 14.9 Å². The fourth-order valence-electron chi connectivity index (χ4n) is 2.42. The predicted octanol–water partition coefficient (Wildman–Crippen LogP) is 2.26. The number of hydrogen-bond acceptors (Lipinski definition) is 4. The maximum absolute atomic E-state index is 13.2. The van der Waals surface area contributed by atoms with E-state index in [9.17, 15) is 26.0 Å². The highest BCUT2D eigenvalue weighted by Crippen LogP contribution is 2.32. The Balaban J connectivity index is 0.00000312. The van der Waals surface area contributed by atoms with E-state index < -0.39 is 32.5 Å². The Kier molecular flexibility index (Phi) is 10.4. The molecule has 26 heavy (non-hydrogen) atoms. The molecule has 1 aliphatic rings. The molecule has 1 heterocycles. The van der Waals surface area contributed by atoms with Crippen LogP contribution in [0.4, 0.5) is 17.6 Å². The lowest BCUT2D eigenvalue weighted by molar-refractivity contribution is -0.140. The summed E-state index contributed by atoms with van der Waals surface area (Å²) in [6.07, 6.45) is -4.41. The summed E-state index contributed by atoms with van der Waals surface area (Å²) >= 11 is 0. The number of alkyl halides is 3. The Morgan fingerprint density at radius 3 is 2.35 bits per heavy atom. The molecule has 2 N–H and O–H groups in total. The van der Waals surface area contributed by atoms with Gasteiger partial charge in [-0.05, 0) is 31.2 Å². The van der Waals surface area contributed by atoms with E-state index in [1.54, 1.807) is 0 Å². The fourth-order valence-corrected chi connectivity index (χ4v) is 3.52. The van der Waals surface area contributed by atoms with Crippen LogP contribution in [0.1, 0.15) is 12.0 Å². The first kappa shape index (κ1) is 25.4. The molecule has 0 radical (unpaired) electrons. The van der Waals surface area contributed by atoms with Gasteiger partial charge in [-0.1, -0.05) is 0 Å². The van der Waals surface area contributed by atoms with Crippen molar-refractivity contribution in [3.63, 3.8) is 0 Å². The average molecular weight is 442 g/mol. The van der Waals surface area contributed by atoms with Gasteiger partial charge in [0.1, 0.15) is 5.82 Å². The molecule has 2 rings (SSSR count). The van der Waals surface area contributed by atoms with E-state index in [1.165, 1.54) is 0 Å². The van der Waals surface area contributed by atoms with E-state index in [0.717, 1.165) is 32.2 Å². The van der Waals surface area contributed by atoms with Crippen LogP contribution in [0.3, 0.4) is 0 Å². The zero-order valence-corrected chi connectivity index (χ0v) is 16.1. The molecular weight excluding hydrogens is 421 g/mol. The summed E-state index contributed by atoms with van der Waals surface area (Å²) in [6.45, 7) is 4.30. The highest BCUT2D eigenvalue weighted by Gasteiger charge is 2.35.